The van der Waals surface area contributed by atoms with Gasteiger partial charge in [-0.05, 0) is 54.0 Å². The molecule has 2 rings (SSSR count). The normalized spacial score (nSPS) is 10.8. The summed E-state index contributed by atoms with van der Waals surface area (Å²) in [5, 5.41) is 0. The summed E-state index contributed by atoms with van der Waals surface area (Å²) in [6.07, 6.45) is 2.81. The average Bonchev–Trinajstić information content (AvgIpc) is 2.45. The van der Waals surface area contributed by atoms with Gasteiger partial charge in [0.1, 0.15) is 0 Å². The summed E-state index contributed by atoms with van der Waals surface area (Å²) in [5.74, 6) is 0. The first-order valence-electron chi connectivity index (χ1n) is 7.30. The molecule has 2 aromatic carbocycles. The number of para-hydroxylation sites is 1. The van der Waals surface area contributed by atoms with E-state index < -0.39 is 0 Å². The van der Waals surface area contributed by atoms with Crippen molar-refractivity contribution >= 4 is 11.4 Å². The summed E-state index contributed by atoms with van der Waals surface area (Å²) in [6.45, 7) is 6.35. The van der Waals surface area contributed by atoms with Gasteiger partial charge in [-0.15, -0.1) is 0 Å². The van der Waals surface area contributed by atoms with E-state index in [0.29, 0.717) is 0 Å². The van der Waals surface area contributed by atoms with Crippen LogP contribution in [0.2, 0.25) is 0 Å². The molecule has 2 aromatic rings. The highest BCUT2D eigenvalue weighted by molar-refractivity contribution is 5.58. The molecule has 0 amide bonds. The van der Waals surface area contributed by atoms with Crippen LogP contribution in [0.15, 0.2) is 30.3 Å². The van der Waals surface area contributed by atoms with E-state index in [4.69, 9.17) is 11.5 Å². The quantitative estimate of drug-likeness (QED) is 0.827. The van der Waals surface area contributed by atoms with E-state index in [1.165, 1.54) is 22.3 Å². The van der Waals surface area contributed by atoms with E-state index in [0.717, 1.165) is 36.2 Å². The van der Waals surface area contributed by atoms with Crippen molar-refractivity contribution in [2.45, 2.75) is 40.0 Å². The van der Waals surface area contributed by atoms with Crippen LogP contribution in [0.4, 0.5) is 11.4 Å². The molecule has 0 heterocycles. The van der Waals surface area contributed by atoms with Crippen molar-refractivity contribution in [3.63, 3.8) is 0 Å². The van der Waals surface area contributed by atoms with Crippen molar-refractivity contribution in [2.75, 3.05) is 11.5 Å². The summed E-state index contributed by atoms with van der Waals surface area (Å²) in [5.41, 5.74) is 20.3. The molecule has 0 saturated carbocycles. The maximum absolute atomic E-state index is 6.20. The standard InChI is InChI=1S/C18H24N2/c1-4-14-9-13(10-15(5-2)18(14)20)11-16-8-6-7-12(3)17(16)19/h6-10H,4-5,11,19-20H2,1-3H3. The van der Waals surface area contributed by atoms with Crippen LogP contribution >= 0.6 is 0 Å². The Morgan fingerprint density at radius 3 is 2.00 bits per heavy atom. The van der Waals surface area contributed by atoms with Gasteiger partial charge in [0, 0.05) is 11.4 Å². The zero-order chi connectivity index (χ0) is 14.7. The highest BCUT2D eigenvalue weighted by Gasteiger charge is 2.08. The maximum Gasteiger partial charge on any atom is 0.0379 e. The second-order valence-corrected chi connectivity index (χ2v) is 5.36. The van der Waals surface area contributed by atoms with E-state index in [1.807, 2.05) is 0 Å². The number of anilines is 2. The van der Waals surface area contributed by atoms with Crippen LogP contribution in [0.1, 0.15) is 41.7 Å². The van der Waals surface area contributed by atoms with Crippen molar-refractivity contribution in [1.82, 2.24) is 0 Å². The van der Waals surface area contributed by atoms with Gasteiger partial charge < -0.3 is 11.5 Å². The summed E-state index contributed by atoms with van der Waals surface area (Å²) in [7, 11) is 0. The van der Waals surface area contributed by atoms with Gasteiger partial charge in [0.15, 0.2) is 0 Å². The first kappa shape index (κ1) is 14.4. The lowest BCUT2D eigenvalue weighted by atomic mass is 9.94. The van der Waals surface area contributed by atoms with Crippen molar-refractivity contribution in [3.8, 4) is 0 Å². The van der Waals surface area contributed by atoms with Crippen molar-refractivity contribution < 1.29 is 0 Å². The zero-order valence-corrected chi connectivity index (χ0v) is 12.7. The number of hydrogen-bond acceptors (Lipinski definition) is 2. The van der Waals surface area contributed by atoms with Crippen LogP contribution in [0.3, 0.4) is 0 Å². The topological polar surface area (TPSA) is 52.0 Å². The molecule has 106 valence electrons. The highest BCUT2D eigenvalue weighted by Crippen LogP contribution is 2.25. The third-order valence-electron chi connectivity index (χ3n) is 3.98. The Morgan fingerprint density at radius 2 is 1.45 bits per heavy atom. The molecule has 0 aromatic heterocycles. The second-order valence-electron chi connectivity index (χ2n) is 5.36. The zero-order valence-electron chi connectivity index (χ0n) is 12.7. The van der Waals surface area contributed by atoms with E-state index in [2.05, 4.69) is 51.1 Å². The predicted molar refractivity (Wildman–Crippen MR) is 88.0 cm³/mol. The summed E-state index contributed by atoms with van der Waals surface area (Å²) >= 11 is 0. The highest BCUT2D eigenvalue weighted by atomic mass is 14.6. The third-order valence-corrected chi connectivity index (χ3v) is 3.98. The number of nitrogens with two attached hydrogens (primary N) is 2. The third kappa shape index (κ3) is 2.79. The molecule has 0 radical (unpaired) electrons. The first-order chi connectivity index (χ1) is 9.56. The SMILES string of the molecule is CCc1cc(Cc2cccc(C)c2N)cc(CC)c1N. The summed E-state index contributed by atoms with van der Waals surface area (Å²) in [6, 6.07) is 10.7. The second kappa shape index (κ2) is 6.00. The molecule has 2 nitrogen and oxygen atoms in total. The molecule has 0 aliphatic carbocycles. The molecule has 0 aliphatic heterocycles. The Kier molecular flexibility index (Phi) is 4.33. The smallest absolute Gasteiger partial charge is 0.0379 e. The van der Waals surface area contributed by atoms with Gasteiger partial charge in [0.25, 0.3) is 0 Å². The molecule has 0 spiro atoms. The van der Waals surface area contributed by atoms with E-state index in [-0.39, 0.29) is 0 Å². The van der Waals surface area contributed by atoms with Gasteiger partial charge in [-0.3, -0.25) is 0 Å². The van der Waals surface area contributed by atoms with Gasteiger partial charge in [-0.25, -0.2) is 0 Å². The molecule has 2 heteroatoms. The number of aryl methyl sites for hydroxylation is 3. The number of benzene rings is 2. The lowest BCUT2D eigenvalue weighted by Gasteiger charge is -2.14. The fourth-order valence-corrected chi connectivity index (χ4v) is 2.65. The van der Waals surface area contributed by atoms with E-state index in [1.54, 1.807) is 0 Å². The van der Waals surface area contributed by atoms with Crippen LogP contribution in [0, 0.1) is 6.92 Å². The van der Waals surface area contributed by atoms with Gasteiger partial charge in [-0.1, -0.05) is 44.2 Å². The number of nitrogen functional groups attached to an aromatic ring is 2. The van der Waals surface area contributed by atoms with Gasteiger partial charge in [-0.2, -0.15) is 0 Å². The van der Waals surface area contributed by atoms with E-state index in [9.17, 15) is 0 Å². The van der Waals surface area contributed by atoms with Crippen LogP contribution in [0.5, 0.6) is 0 Å². The molecule has 0 saturated heterocycles. The largest absolute Gasteiger partial charge is 0.398 e. The Labute approximate surface area is 121 Å². The minimum atomic E-state index is 0.869. The first-order valence-corrected chi connectivity index (χ1v) is 7.30. The molecule has 0 bridgehead atoms. The minimum absolute atomic E-state index is 0.869. The molecule has 4 N–H and O–H groups in total. The van der Waals surface area contributed by atoms with Crippen LogP contribution in [0.25, 0.3) is 0 Å². The van der Waals surface area contributed by atoms with Crippen molar-refractivity contribution in [1.29, 1.82) is 0 Å². The maximum atomic E-state index is 6.20. The minimum Gasteiger partial charge on any atom is -0.398 e. The fourth-order valence-electron chi connectivity index (χ4n) is 2.65. The molecule has 0 atom stereocenters. The van der Waals surface area contributed by atoms with Crippen LogP contribution < -0.4 is 11.5 Å². The Hall–Kier alpha value is -1.96. The molecule has 0 aliphatic rings. The van der Waals surface area contributed by atoms with Gasteiger partial charge in [0.2, 0.25) is 0 Å². The predicted octanol–water partition coefficient (Wildman–Crippen LogP) is 3.88. The molecule has 0 unspecified atom stereocenters. The van der Waals surface area contributed by atoms with Crippen LogP contribution in [-0.4, -0.2) is 0 Å². The molecular weight excluding hydrogens is 244 g/mol. The lowest BCUT2D eigenvalue weighted by molar-refractivity contribution is 1.06. The summed E-state index contributed by atoms with van der Waals surface area (Å²) < 4.78 is 0. The Bertz CT molecular complexity index is 590. The van der Waals surface area contributed by atoms with E-state index >= 15 is 0 Å². The average molecular weight is 268 g/mol. The molecule has 20 heavy (non-hydrogen) atoms. The van der Waals surface area contributed by atoms with Crippen LogP contribution in [-0.2, 0) is 19.3 Å². The number of rotatable bonds is 4. The van der Waals surface area contributed by atoms with Gasteiger partial charge >= 0.3 is 0 Å². The lowest BCUT2D eigenvalue weighted by Crippen LogP contribution is -2.03. The fraction of sp³-hybridized carbons (Fsp3) is 0.333. The Morgan fingerprint density at radius 1 is 0.850 bits per heavy atom. The Balaban J connectivity index is 2.41. The summed E-state index contributed by atoms with van der Waals surface area (Å²) in [4.78, 5) is 0. The van der Waals surface area contributed by atoms with Gasteiger partial charge in [0.05, 0.1) is 0 Å². The van der Waals surface area contributed by atoms with Crippen molar-refractivity contribution in [3.05, 3.63) is 58.1 Å². The monoisotopic (exact) mass is 268 g/mol. The molecule has 0 fully saturated rings. The molecular formula is C18H24N2. The number of hydrogen-bond donors (Lipinski definition) is 2. The van der Waals surface area contributed by atoms with Crippen molar-refractivity contribution in [2.24, 2.45) is 0 Å².